The van der Waals surface area contributed by atoms with Gasteiger partial charge in [-0.15, -0.1) is 0 Å². The SMILES string of the molecule is CCCCc1nc(CN2CCN(c3nnnn3-c3ccccc3)CC2)no1. The third kappa shape index (κ3) is 4.13. The summed E-state index contributed by atoms with van der Waals surface area (Å²) in [5.41, 5.74) is 0.964. The topological polar surface area (TPSA) is 89.0 Å². The monoisotopic (exact) mass is 368 g/mol. The van der Waals surface area contributed by atoms with Crippen molar-refractivity contribution in [2.24, 2.45) is 0 Å². The average molecular weight is 368 g/mol. The minimum Gasteiger partial charge on any atom is -0.339 e. The van der Waals surface area contributed by atoms with E-state index in [1.807, 2.05) is 30.3 Å². The van der Waals surface area contributed by atoms with Gasteiger partial charge in [0.05, 0.1) is 12.2 Å². The first-order chi connectivity index (χ1) is 13.3. The molecule has 1 aliphatic heterocycles. The fourth-order valence-corrected chi connectivity index (χ4v) is 3.21. The van der Waals surface area contributed by atoms with Crippen LogP contribution in [0.4, 0.5) is 5.95 Å². The van der Waals surface area contributed by atoms with Crippen molar-refractivity contribution in [2.45, 2.75) is 32.7 Å². The summed E-state index contributed by atoms with van der Waals surface area (Å²) in [5.74, 6) is 2.29. The number of benzene rings is 1. The molecule has 0 amide bonds. The first-order valence-electron chi connectivity index (χ1n) is 9.46. The third-order valence-electron chi connectivity index (χ3n) is 4.73. The molecular weight excluding hydrogens is 344 g/mol. The van der Waals surface area contributed by atoms with Crippen LogP contribution in [0.5, 0.6) is 0 Å². The van der Waals surface area contributed by atoms with Crippen LogP contribution in [-0.2, 0) is 13.0 Å². The number of aromatic nitrogens is 6. The second-order valence-corrected chi connectivity index (χ2v) is 6.70. The lowest BCUT2D eigenvalue weighted by Gasteiger charge is -2.34. The van der Waals surface area contributed by atoms with E-state index in [4.69, 9.17) is 4.52 Å². The lowest BCUT2D eigenvalue weighted by Crippen LogP contribution is -2.47. The van der Waals surface area contributed by atoms with E-state index < -0.39 is 0 Å². The standard InChI is InChI=1S/C18H24N8O/c1-2-3-9-17-19-16(21-27-17)14-24-10-12-25(13-11-24)18-20-22-23-26(18)15-7-5-4-6-8-15/h4-8H,2-3,9-14H2,1H3. The zero-order valence-corrected chi connectivity index (χ0v) is 15.5. The fourth-order valence-electron chi connectivity index (χ4n) is 3.21. The number of hydrogen-bond donors (Lipinski definition) is 0. The maximum atomic E-state index is 5.32. The molecule has 1 aliphatic rings. The molecule has 4 rings (SSSR count). The first kappa shape index (κ1) is 17.6. The predicted octanol–water partition coefficient (Wildman–Crippen LogP) is 1.71. The van der Waals surface area contributed by atoms with Crippen LogP contribution in [0.15, 0.2) is 34.9 Å². The Bertz CT molecular complexity index is 838. The number of hydrogen-bond acceptors (Lipinski definition) is 8. The molecule has 27 heavy (non-hydrogen) atoms. The van der Waals surface area contributed by atoms with Gasteiger partial charge in [-0.2, -0.15) is 9.67 Å². The van der Waals surface area contributed by atoms with Gasteiger partial charge in [-0.25, -0.2) is 0 Å². The van der Waals surface area contributed by atoms with Gasteiger partial charge in [0.15, 0.2) is 5.82 Å². The molecule has 0 unspecified atom stereocenters. The molecule has 1 aromatic carbocycles. The summed E-state index contributed by atoms with van der Waals surface area (Å²) in [5, 5.41) is 16.3. The van der Waals surface area contributed by atoms with Crippen molar-refractivity contribution in [2.75, 3.05) is 31.1 Å². The molecule has 3 aromatic rings. The molecule has 0 radical (unpaired) electrons. The van der Waals surface area contributed by atoms with Crippen molar-refractivity contribution < 1.29 is 4.52 Å². The third-order valence-corrected chi connectivity index (χ3v) is 4.73. The minimum atomic E-state index is 0.715. The normalized spacial score (nSPS) is 15.4. The summed E-state index contributed by atoms with van der Waals surface area (Å²) in [6.45, 7) is 6.39. The molecule has 0 atom stereocenters. The molecule has 9 heteroatoms. The molecule has 0 bridgehead atoms. The number of tetrazole rings is 1. The zero-order chi connectivity index (χ0) is 18.5. The summed E-state index contributed by atoms with van der Waals surface area (Å²) < 4.78 is 7.11. The number of piperazine rings is 1. The Morgan fingerprint density at radius 1 is 1.07 bits per heavy atom. The Balaban J connectivity index is 1.35. The number of aryl methyl sites for hydroxylation is 1. The number of para-hydroxylation sites is 1. The van der Waals surface area contributed by atoms with Gasteiger partial charge < -0.3 is 9.42 Å². The quantitative estimate of drug-likeness (QED) is 0.623. The highest BCUT2D eigenvalue weighted by Crippen LogP contribution is 2.17. The van der Waals surface area contributed by atoms with E-state index in [-0.39, 0.29) is 0 Å². The summed E-state index contributed by atoms with van der Waals surface area (Å²) in [6, 6.07) is 9.96. The highest BCUT2D eigenvalue weighted by atomic mass is 16.5. The molecule has 0 spiro atoms. The van der Waals surface area contributed by atoms with Crippen molar-refractivity contribution in [3.63, 3.8) is 0 Å². The number of anilines is 1. The average Bonchev–Trinajstić information content (AvgIpc) is 3.37. The summed E-state index contributed by atoms with van der Waals surface area (Å²) in [4.78, 5) is 9.04. The van der Waals surface area contributed by atoms with Crippen molar-refractivity contribution in [3.8, 4) is 5.69 Å². The van der Waals surface area contributed by atoms with Crippen molar-refractivity contribution in [1.82, 2.24) is 35.2 Å². The van der Waals surface area contributed by atoms with Crippen LogP contribution in [0.25, 0.3) is 5.69 Å². The van der Waals surface area contributed by atoms with Gasteiger partial charge in [-0.1, -0.05) is 41.8 Å². The molecule has 0 N–H and O–H groups in total. The largest absolute Gasteiger partial charge is 0.339 e. The molecule has 0 aliphatic carbocycles. The van der Waals surface area contributed by atoms with E-state index in [1.165, 1.54) is 0 Å². The Morgan fingerprint density at radius 3 is 2.67 bits per heavy atom. The van der Waals surface area contributed by atoms with Crippen molar-refractivity contribution in [3.05, 3.63) is 42.0 Å². The second-order valence-electron chi connectivity index (χ2n) is 6.70. The van der Waals surface area contributed by atoms with Crippen LogP contribution >= 0.6 is 0 Å². The summed E-state index contributed by atoms with van der Waals surface area (Å²) in [7, 11) is 0. The van der Waals surface area contributed by atoms with Crippen LogP contribution in [0, 0.1) is 0 Å². The van der Waals surface area contributed by atoms with Crippen LogP contribution < -0.4 is 4.90 Å². The smallest absolute Gasteiger partial charge is 0.250 e. The van der Waals surface area contributed by atoms with Crippen LogP contribution in [-0.4, -0.2) is 61.4 Å². The molecule has 2 aromatic heterocycles. The lowest BCUT2D eigenvalue weighted by molar-refractivity contribution is 0.238. The molecular formula is C18H24N8O. The summed E-state index contributed by atoms with van der Waals surface area (Å²) >= 11 is 0. The molecule has 0 saturated carbocycles. The van der Waals surface area contributed by atoms with Gasteiger partial charge >= 0.3 is 0 Å². The number of rotatable bonds is 7. The second kappa shape index (κ2) is 8.26. The van der Waals surface area contributed by atoms with Gasteiger partial charge in [0.2, 0.25) is 11.8 Å². The molecule has 142 valence electrons. The van der Waals surface area contributed by atoms with E-state index in [1.54, 1.807) is 4.68 Å². The number of unbranched alkanes of at least 4 members (excludes halogenated alkanes) is 1. The molecule has 9 nitrogen and oxygen atoms in total. The van der Waals surface area contributed by atoms with Gasteiger partial charge in [-0.05, 0) is 29.0 Å². The fraction of sp³-hybridized carbons (Fsp3) is 0.500. The zero-order valence-electron chi connectivity index (χ0n) is 15.5. The van der Waals surface area contributed by atoms with E-state index in [0.717, 1.165) is 68.8 Å². The molecule has 1 fully saturated rings. The van der Waals surface area contributed by atoms with E-state index in [2.05, 4.69) is 42.4 Å². The predicted molar refractivity (Wildman–Crippen MR) is 99.6 cm³/mol. The van der Waals surface area contributed by atoms with Crippen molar-refractivity contribution in [1.29, 1.82) is 0 Å². The lowest BCUT2D eigenvalue weighted by atomic mass is 10.2. The van der Waals surface area contributed by atoms with E-state index in [9.17, 15) is 0 Å². The first-order valence-corrected chi connectivity index (χ1v) is 9.46. The Hall–Kier alpha value is -2.81. The van der Waals surface area contributed by atoms with Gasteiger partial charge in [0.1, 0.15) is 0 Å². The number of nitrogens with zero attached hydrogens (tertiary/aromatic N) is 8. The maximum absolute atomic E-state index is 5.32. The minimum absolute atomic E-state index is 0.715. The Kier molecular flexibility index (Phi) is 5.38. The Labute approximate surface area is 158 Å². The highest BCUT2D eigenvalue weighted by molar-refractivity contribution is 5.40. The van der Waals surface area contributed by atoms with Crippen molar-refractivity contribution >= 4 is 5.95 Å². The van der Waals surface area contributed by atoms with Gasteiger partial charge in [0.25, 0.3) is 0 Å². The van der Waals surface area contributed by atoms with E-state index >= 15 is 0 Å². The summed E-state index contributed by atoms with van der Waals surface area (Å²) in [6.07, 6.45) is 3.07. The molecule has 3 heterocycles. The van der Waals surface area contributed by atoms with Crippen LogP contribution in [0.1, 0.15) is 31.5 Å². The van der Waals surface area contributed by atoms with Crippen LogP contribution in [0.2, 0.25) is 0 Å². The van der Waals surface area contributed by atoms with Gasteiger partial charge in [-0.3, -0.25) is 4.90 Å². The Morgan fingerprint density at radius 2 is 1.89 bits per heavy atom. The maximum Gasteiger partial charge on any atom is 0.250 e. The van der Waals surface area contributed by atoms with E-state index in [0.29, 0.717) is 6.54 Å². The van der Waals surface area contributed by atoms with Crippen LogP contribution in [0.3, 0.4) is 0 Å². The molecule has 1 saturated heterocycles. The highest BCUT2D eigenvalue weighted by Gasteiger charge is 2.23. The van der Waals surface area contributed by atoms with Gasteiger partial charge in [0, 0.05) is 32.6 Å².